The van der Waals surface area contributed by atoms with E-state index in [-0.39, 0.29) is 12.1 Å². The van der Waals surface area contributed by atoms with Crippen LogP contribution < -0.4 is 10.6 Å². The van der Waals surface area contributed by atoms with Gasteiger partial charge in [-0.15, -0.1) is 0 Å². The highest BCUT2D eigenvalue weighted by Crippen LogP contribution is 2.30. The Balaban J connectivity index is 2.10. The molecule has 11 heteroatoms. The molecule has 2 rings (SSSR count). The lowest BCUT2D eigenvalue weighted by Gasteiger charge is -2.11. The highest BCUT2D eigenvalue weighted by atomic mass is 19.4. The van der Waals surface area contributed by atoms with Crippen LogP contribution in [0.4, 0.5) is 13.2 Å². The van der Waals surface area contributed by atoms with Gasteiger partial charge < -0.3 is 10.6 Å². The molecule has 0 saturated heterocycles. The molecule has 0 spiro atoms. The molecule has 0 aliphatic carbocycles. The summed E-state index contributed by atoms with van der Waals surface area (Å²) < 4.78 is 41.5. The first-order chi connectivity index (χ1) is 11.3. The van der Waals surface area contributed by atoms with Crippen LogP contribution in [0.5, 0.6) is 0 Å². The molecule has 0 aliphatic heterocycles. The minimum absolute atomic E-state index is 0.0147. The lowest BCUT2D eigenvalue weighted by molar-refractivity contribution is -0.142. The fraction of sp³-hybridized carbons (Fsp3) is 0.538. The maximum atomic E-state index is 12.9. The highest BCUT2D eigenvalue weighted by Gasteiger charge is 2.36. The van der Waals surface area contributed by atoms with E-state index in [2.05, 4.69) is 30.8 Å². The van der Waals surface area contributed by atoms with Crippen molar-refractivity contribution in [2.45, 2.75) is 26.2 Å². The number of aliphatic imine (C=N–C) groups is 1. The number of nitrogens with one attached hydrogen (secondary N) is 2. The molecule has 2 heterocycles. The smallest absolute Gasteiger partial charge is 0.357 e. The van der Waals surface area contributed by atoms with Gasteiger partial charge in [0.15, 0.2) is 11.7 Å². The van der Waals surface area contributed by atoms with Crippen molar-refractivity contribution in [1.29, 1.82) is 0 Å². The number of rotatable bonds is 5. The molecular formula is C13H19F3N8. The normalized spacial score (nSPS) is 12.5. The molecule has 2 aromatic heterocycles. The topological polar surface area (TPSA) is 84.9 Å². The molecule has 2 N–H and O–H groups in total. The van der Waals surface area contributed by atoms with E-state index in [1.165, 1.54) is 19.6 Å². The Morgan fingerprint density at radius 3 is 2.62 bits per heavy atom. The molecule has 0 fully saturated rings. The largest absolute Gasteiger partial charge is 0.435 e. The minimum Gasteiger partial charge on any atom is -0.357 e. The quantitative estimate of drug-likeness (QED) is 0.620. The molecule has 132 valence electrons. The van der Waals surface area contributed by atoms with Gasteiger partial charge in [0, 0.05) is 32.4 Å². The van der Waals surface area contributed by atoms with Gasteiger partial charge in [0.05, 0.1) is 13.1 Å². The van der Waals surface area contributed by atoms with Crippen LogP contribution in [0.1, 0.15) is 24.0 Å². The zero-order valence-corrected chi connectivity index (χ0v) is 13.6. The number of nitrogens with zero attached hydrogens (tertiary/aromatic N) is 6. The van der Waals surface area contributed by atoms with Crippen molar-refractivity contribution in [2.75, 3.05) is 6.54 Å². The van der Waals surface area contributed by atoms with E-state index < -0.39 is 11.9 Å². The number of aryl methyl sites for hydroxylation is 2. The van der Waals surface area contributed by atoms with Gasteiger partial charge in [-0.2, -0.15) is 23.4 Å². The summed E-state index contributed by atoms with van der Waals surface area (Å²) in [5, 5.41) is 13.4. The Kier molecular flexibility index (Phi) is 5.42. The Hall–Kier alpha value is -2.59. The fourth-order valence-electron chi connectivity index (χ4n) is 2.04. The van der Waals surface area contributed by atoms with Crippen LogP contribution in [0.2, 0.25) is 0 Å². The van der Waals surface area contributed by atoms with E-state index >= 15 is 0 Å². The summed E-state index contributed by atoms with van der Waals surface area (Å²) in [6.07, 6.45) is -1.76. The average molecular weight is 344 g/mol. The molecule has 24 heavy (non-hydrogen) atoms. The molecule has 0 aliphatic rings. The standard InChI is InChI=1S/C13H19F3N8/c1-4-17-12(19-6-10-20-8-21-24(10)3)18-5-9-7-23(2)22-11(9)13(14,15)16/h7-8H,4-6H2,1-3H3,(H2,17,18,19). The third kappa shape index (κ3) is 4.46. The van der Waals surface area contributed by atoms with Gasteiger partial charge in [0.25, 0.3) is 0 Å². The monoisotopic (exact) mass is 344 g/mol. The van der Waals surface area contributed by atoms with Crippen molar-refractivity contribution >= 4 is 5.96 Å². The number of guanidine groups is 1. The second-order valence-electron chi connectivity index (χ2n) is 5.02. The summed E-state index contributed by atoms with van der Waals surface area (Å²) in [7, 11) is 3.19. The fourth-order valence-corrected chi connectivity index (χ4v) is 2.04. The SMILES string of the molecule is CCNC(=NCc1cn(C)nc1C(F)(F)F)NCc1ncnn1C. The Morgan fingerprint density at radius 1 is 1.29 bits per heavy atom. The first kappa shape index (κ1) is 17.8. The summed E-state index contributed by atoms with van der Waals surface area (Å²) in [5.74, 6) is 1.07. The number of hydrogen-bond acceptors (Lipinski definition) is 4. The van der Waals surface area contributed by atoms with Crippen molar-refractivity contribution in [1.82, 2.24) is 35.2 Å². The minimum atomic E-state index is -4.50. The third-order valence-electron chi connectivity index (χ3n) is 3.14. The van der Waals surface area contributed by atoms with Gasteiger partial charge >= 0.3 is 6.18 Å². The van der Waals surface area contributed by atoms with E-state index in [9.17, 15) is 13.2 Å². The van der Waals surface area contributed by atoms with Crippen molar-refractivity contribution in [2.24, 2.45) is 19.1 Å². The van der Waals surface area contributed by atoms with Crippen LogP contribution in [-0.4, -0.2) is 37.0 Å². The first-order valence-corrected chi connectivity index (χ1v) is 7.26. The maximum absolute atomic E-state index is 12.9. The first-order valence-electron chi connectivity index (χ1n) is 7.26. The third-order valence-corrected chi connectivity index (χ3v) is 3.14. The van der Waals surface area contributed by atoms with Crippen molar-refractivity contribution in [3.63, 3.8) is 0 Å². The van der Waals surface area contributed by atoms with E-state index in [4.69, 9.17) is 0 Å². The summed E-state index contributed by atoms with van der Waals surface area (Å²) in [5.41, 5.74) is -0.904. The molecule has 0 bridgehead atoms. The van der Waals surface area contributed by atoms with Gasteiger partial charge in [-0.05, 0) is 6.92 Å². The Bertz CT molecular complexity index is 700. The predicted molar refractivity (Wildman–Crippen MR) is 80.9 cm³/mol. The van der Waals surface area contributed by atoms with Crippen molar-refractivity contribution in [3.05, 3.63) is 29.6 Å². The van der Waals surface area contributed by atoms with Gasteiger partial charge in [-0.1, -0.05) is 0 Å². The molecule has 0 amide bonds. The van der Waals surface area contributed by atoms with Crippen molar-refractivity contribution < 1.29 is 13.2 Å². The lowest BCUT2D eigenvalue weighted by Crippen LogP contribution is -2.37. The van der Waals surface area contributed by atoms with Gasteiger partial charge in [0.1, 0.15) is 12.2 Å². The number of alkyl halides is 3. The van der Waals surface area contributed by atoms with Crippen LogP contribution in [-0.2, 0) is 33.4 Å². The highest BCUT2D eigenvalue weighted by molar-refractivity contribution is 5.79. The van der Waals surface area contributed by atoms with Crippen LogP contribution >= 0.6 is 0 Å². The second kappa shape index (κ2) is 7.32. The number of aromatic nitrogens is 5. The number of halogens is 3. The van der Waals surface area contributed by atoms with Gasteiger partial charge in [-0.25, -0.2) is 9.98 Å². The molecule has 0 unspecified atom stereocenters. The molecule has 0 radical (unpaired) electrons. The zero-order chi connectivity index (χ0) is 17.7. The summed E-state index contributed by atoms with van der Waals surface area (Å²) in [4.78, 5) is 8.24. The van der Waals surface area contributed by atoms with Crippen LogP contribution in [0.25, 0.3) is 0 Å². The summed E-state index contributed by atoms with van der Waals surface area (Å²) in [6.45, 7) is 2.65. The van der Waals surface area contributed by atoms with E-state index in [0.717, 1.165) is 4.68 Å². The Labute approximate surface area is 136 Å². The molecular weight excluding hydrogens is 325 g/mol. The van der Waals surface area contributed by atoms with Crippen LogP contribution in [0, 0.1) is 0 Å². The second-order valence-corrected chi connectivity index (χ2v) is 5.02. The Morgan fingerprint density at radius 2 is 2.04 bits per heavy atom. The molecule has 0 atom stereocenters. The molecule has 2 aromatic rings. The van der Waals surface area contributed by atoms with E-state index in [1.54, 1.807) is 11.7 Å². The lowest BCUT2D eigenvalue weighted by atomic mass is 10.2. The predicted octanol–water partition coefficient (Wildman–Crippen LogP) is 0.823. The summed E-state index contributed by atoms with van der Waals surface area (Å²) >= 11 is 0. The van der Waals surface area contributed by atoms with Crippen LogP contribution in [0.3, 0.4) is 0 Å². The molecule has 0 aromatic carbocycles. The summed E-state index contributed by atoms with van der Waals surface area (Å²) in [6, 6.07) is 0. The van der Waals surface area contributed by atoms with E-state index in [0.29, 0.717) is 24.9 Å². The zero-order valence-electron chi connectivity index (χ0n) is 13.6. The van der Waals surface area contributed by atoms with Crippen molar-refractivity contribution in [3.8, 4) is 0 Å². The number of hydrogen-bond donors (Lipinski definition) is 2. The molecule has 8 nitrogen and oxygen atoms in total. The van der Waals surface area contributed by atoms with Gasteiger partial charge in [-0.3, -0.25) is 9.36 Å². The van der Waals surface area contributed by atoms with E-state index in [1.807, 2.05) is 6.92 Å². The average Bonchev–Trinajstić information content (AvgIpc) is 3.07. The van der Waals surface area contributed by atoms with Gasteiger partial charge in [0.2, 0.25) is 0 Å². The van der Waals surface area contributed by atoms with Crippen LogP contribution in [0.15, 0.2) is 17.5 Å². The maximum Gasteiger partial charge on any atom is 0.435 e. The molecule has 0 saturated carbocycles.